The van der Waals surface area contributed by atoms with Gasteiger partial charge in [-0.3, -0.25) is 0 Å². The summed E-state index contributed by atoms with van der Waals surface area (Å²) in [7, 11) is 0. The molecule has 1 fully saturated rings. The second kappa shape index (κ2) is 6.73. The standard InChI is InChI=1S/C19H23N3O/c1-15-7-3-5-9-17(15)20-19(23)22-13-11-21(12-14-22)18-10-6-4-8-16(18)2/h3-10H,11-14H2,1-2H3,(H,20,23). The van der Waals surface area contributed by atoms with Gasteiger partial charge in [0, 0.05) is 37.6 Å². The number of nitrogens with one attached hydrogen (secondary N) is 1. The van der Waals surface area contributed by atoms with E-state index < -0.39 is 0 Å². The lowest BCUT2D eigenvalue weighted by Gasteiger charge is -2.36. The van der Waals surface area contributed by atoms with Crippen LogP contribution in [0.2, 0.25) is 0 Å². The molecule has 1 saturated heterocycles. The van der Waals surface area contributed by atoms with E-state index in [1.165, 1.54) is 11.3 Å². The summed E-state index contributed by atoms with van der Waals surface area (Å²) in [6.07, 6.45) is 0. The van der Waals surface area contributed by atoms with E-state index in [1.807, 2.05) is 36.1 Å². The molecule has 4 heteroatoms. The third-order valence-electron chi connectivity index (χ3n) is 4.41. The zero-order valence-electron chi connectivity index (χ0n) is 13.7. The van der Waals surface area contributed by atoms with Crippen molar-refractivity contribution in [2.45, 2.75) is 13.8 Å². The van der Waals surface area contributed by atoms with Crippen LogP contribution in [0.5, 0.6) is 0 Å². The van der Waals surface area contributed by atoms with Crippen LogP contribution >= 0.6 is 0 Å². The van der Waals surface area contributed by atoms with Crippen molar-refractivity contribution in [3.63, 3.8) is 0 Å². The Bertz CT molecular complexity index is 691. The molecule has 0 unspecified atom stereocenters. The van der Waals surface area contributed by atoms with Gasteiger partial charge in [0.25, 0.3) is 0 Å². The molecule has 2 aromatic carbocycles. The van der Waals surface area contributed by atoms with Crippen LogP contribution in [0.3, 0.4) is 0 Å². The lowest BCUT2D eigenvalue weighted by Crippen LogP contribution is -2.50. The van der Waals surface area contributed by atoms with E-state index in [2.05, 4.69) is 41.4 Å². The maximum atomic E-state index is 12.4. The van der Waals surface area contributed by atoms with E-state index in [1.54, 1.807) is 0 Å². The summed E-state index contributed by atoms with van der Waals surface area (Å²) in [6.45, 7) is 7.36. The van der Waals surface area contributed by atoms with E-state index in [4.69, 9.17) is 0 Å². The Morgan fingerprint density at radius 2 is 1.48 bits per heavy atom. The Kier molecular flexibility index (Phi) is 4.51. The average molecular weight is 309 g/mol. The number of benzene rings is 2. The second-order valence-corrected chi connectivity index (χ2v) is 6.01. The molecule has 0 saturated carbocycles. The first-order valence-corrected chi connectivity index (χ1v) is 8.07. The van der Waals surface area contributed by atoms with Crippen molar-refractivity contribution >= 4 is 17.4 Å². The van der Waals surface area contributed by atoms with Crippen molar-refractivity contribution in [1.82, 2.24) is 4.90 Å². The van der Waals surface area contributed by atoms with Crippen molar-refractivity contribution < 1.29 is 4.79 Å². The quantitative estimate of drug-likeness (QED) is 0.919. The van der Waals surface area contributed by atoms with Crippen molar-refractivity contribution in [3.05, 3.63) is 59.7 Å². The highest BCUT2D eigenvalue weighted by Crippen LogP contribution is 2.21. The Hall–Kier alpha value is -2.49. The number of nitrogens with zero attached hydrogens (tertiary/aromatic N) is 2. The fraction of sp³-hybridized carbons (Fsp3) is 0.316. The Labute approximate surface area is 137 Å². The molecule has 0 aromatic heterocycles. The number of amides is 2. The number of carbonyl (C=O) groups excluding carboxylic acids is 1. The summed E-state index contributed by atoms with van der Waals surface area (Å²) >= 11 is 0. The fourth-order valence-corrected chi connectivity index (χ4v) is 2.98. The average Bonchev–Trinajstić information content (AvgIpc) is 2.57. The van der Waals surface area contributed by atoms with Gasteiger partial charge in [0.2, 0.25) is 0 Å². The molecule has 23 heavy (non-hydrogen) atoms. The first kappa shape index (κ1) is 15.4. The number of para-hydroxylation sites is 2. The Morgan fingerprint density at radius 1 is 0.870 bits per heavy atom. The van der Waals surface area contributed by atoms with Crippen molar-refractivity contribution in [3.8, 4) is 0 Å². The van der Waals surface area contributed by atoms with Crippen molar-refractivity contribution in [2.24, 2.45) is 0 Å². The van der Waals surface area contributed by atoms with Gasteiger partial charge in [0.15, 0.2) is 0 Å². The largest absolute Gasteiger partial charge is 0.368 e. The third kappa shape index (κ3) is 3.47. The van der Waals surface area contributed by atoms with Gasteiger partial charge in [-0.25, -0.2) is 4.79 Å². The molecule has 0 atom stereocenters. The number of hydrogen-bond acceptors (Lipinski definition) is 2. The van der Waals surface area contributed by atoms with Gasteiger partial charge >= 0.3 is 6.03 Å². The number of anilines is 2. The van der Waals surface area contributed by atoms with Gasteiger partial charge in [0.05, 0.1) is 0 Å². The second-order valence-electron chi connectivity index (χ2n) is 6.01. The predicted octanol–water partition coefficient (Wildman–Crippen LogP) is 3.66. The molecule has 2 aromatic rings. The molecule has 1 heterocycles. The molecule has 1 aliphatic rings. The number of piperazine rings is 1. The van der Waals surface area contributed by atoms with Crippen LogP contribution in [0, 0.1) is 13.8 Å². The smallest absolute Gasteiger partial charge is 0.321 e. The van der Waals surface area contributed by atoms with E-state index in [-0.39, 0.29) is 6.03 Å². The van der Waals surface area contributed by atoms with Gasteiger partial charge in [0.1, 0.15) is 0 Å². The highest BCUT2D eigenvalue weighted by molar-refractivity contribution is 5.90. The van der Waals surface area contributed by atoms with Crippen LogP contribution in [-0.2, 0) is 0 Å². The molecule has 2 amide bonds. The summed E-state index contributed by atoms with van der Waals surface area (Å²) in [6, 6.07) is 16.3. The molecule has 120 valence electrons. The van der Waals surface area contributed by atoms with Gasteiger partial charge in [-0.05, 0) is 37.1 Å². The number of hydrogen-bond donors (Lipinski definition) is 1. The normalized spacial score (nSPS) is 14.7. The number of carbonyl (C=O) groups is 1. The molecule has 0 aliphatic carbocycles. The lowest BCUT2D eigenvalue weighted by molar-refractivity contribution is 0.208. The van der Waals surface area contributed by atoms with E-state index in [0.29, 0.717) is 0 Å². The third-order valence-corrected chi connectivity index (χ3v) is 4.41. The highest BCUT2D eigenvalue weighted by atomic mass is 16.2. The molecule has 1 N–H and O–H groups in total. The molecule has 0 radical (unpaired) electrons. The number of aryl methyl sites for hydroxylation is 2. The Morgan fingerprint density at radius 3 is 2.13 bits per heavy atom. The van der Waals surface area contributed by atoms with E-state index >= 15 is 0 Å². The van der Waals surface area contributed by atoms with Crippen LogP contribution in [-0.4, -0.2) is 37.1 Å². The van der Waals surface area contributed by atoms with E-state index in [9.17, 15) is 4.79 Å². The predicted molar refractivity (Wildman–Crippen MR) is 95.2 cm³/mol. The SMILES string of the molecule is Cc1ccccc1NC(=O)N1CCN(c2ccccc2C)CC1. The highest BCUT2D eigenvalue weighted by Gasteiger charge is 2.22. The minimum Gasteiger partial charge on any atom is -0.368 e. The maximum absolute atomic E-state index is 12.4. The van der Waals surface area contributed by atoms with Crippen LogP contribution < -0.4 is 10.2 Å². The molecular weight excluding hydrogens is 286 g/mol. The van der Waals surface area contributed by atoms with Gasteiger partial charge < -0.3 is 15.1 Å². The molecule has 3 rings (SSSR count). The molecule has 4 nitrogen and oxygen atoms in total. The number of urea groups is 1. The van der Waals surface area contributed by atoms with Crippen molar-refractivity contribution in [2.75, 3.05) is 36.4 Å². The minimum absolute atomic E-state index is 0.0104. The van der Waals surface area contributed by atoms with Crippen LogP contribution in [0.1, 0.15) is 11.1 Å². The monoisotopic (exact) mass is 309 g/mol. The summed E-state index contributed by atoms with van der Waals surface area (Å²) in [4.78, 5) is 16.7. The molecular formula is C19H23N3O. The lowest BCUT2D eigenvalue weighted by atomic mass is 10.1. The first-order valence-electron chi connectivity index (χ1n) is 8.07. The maximum Gasteiger partial charge on any atom is 0.321 e. The summed E-state index contributed by atoms with van der Waals surface area (Å²) in [5, 5.41) is 3.01. The zero-order valence-corrected chi connectivity index (χ0v) is 13.7. The van der Waals surface area contributed by atoms with Crippen LogP contribution in [0.4, 0.5) is 16.2 Å². The summed E-state index contributed by atoms with van der Waals surface area (Å²) < 4.78 is 0. The summed E-state index contributed by atoms with van der Waals surface area (Å²) in [5.74, 6) is 0. The van der Waals surface area contributed by atoms with Gasteiger partial charge in [-0.15, -0.1) is 0 Å². The Balaban J connectivity index is 1.60. The molecule has 0 bridgehead atoms. The molecule has 1 aliphatic heterocycles. The topological polar surface area (TPSA) is 35.6 Å². The van der Waals surface area contributed by atoms with Crippen LogP contribution in [0.15, 0.2) is 48.5 Å². The van der Waals surface area contributed by atoms with Crippen LogP contribution in [0.25, 0.3) is 0 Å². The first-order chi connectivity index (χ1) is 11.1. The van der Waals surface area contributed by atoms with Gasteiger partial charge in [-0.2, -0.15) is 0 Å². The minimum atomic E-state index is -0.0104. The summed E-state index contributed by atoms with van der Waals surface area (Å²) in [5.41, 5.74) is 4.52. The number of rotatable bonds is 2. The zero-order chi connectivity index (χ0) is 16.2. The van der Waals surface area contributed by atoms with Gasteiger partial charge in [-0.1, -0.05) is 36.4 Å². The van der Waals surface area contributed by atoms with E-state index in [0.717, 1.165) is 37.4 Å². The molecule has 0 spiro atoms. The fourth-order valence-electron chi connectivity index (χ4n) is 2.98. The van der Waals surface area contributed by atoms with Crippen molar-refractivity contribution in [1.29, 1.82) is 0 Å².